The topological polar surface area (TPSA) is 50.2 Å². The van der Waals surface area contributed by atoms with Crippen LogP contribution in [0.5, 0.6) is 0 Å². The van der Waals surface area contributed by atoms with Gasteiger partial charge in [-0.05, 0) is 46.8 Å². The van der Waals surface area contributed by atoms with Crippen LogP contribution in [0.2, 0.25) is 0 Å². The Kier molecular flexibility index (Phi) is 2.31. The third-order valence-electron chi connectivity index (χ3n) is 2.69. The van der Waals surface area contributed by atoms with Crippen LogP contribution in [-0.2, 0) is 11.2 Å². The first-order valence-corrected chi connectivity index (χ1v) is 5.25. The number of carboxylic acid groups (broad SMARTS) is 1. The van der Waals surface area contributed by atoms with Gasteiger partial charge in [0.1, 0.15) is 0 Å². The number of aromatic nitrogens is 1. The SMILES string of the molecule is O=C(O)C1(Cc2ccncc2Br)CC1. The zero-order valence-corrected chi connectivity index (χ0v) is 9.12. The summed E-state index contributed by atoms with van der Waals surface area (Å²) in [5, 5.41) is 9.03. The Labute approximate surface area is 90.3 Å². The molecule has 1 heterocycles. The number of rotatable bonds is 3. The third kappa shape index (κ3) is 1.66. The molecule has 0 amide bonds. The van der Waals surface area contributed by atoms with E-state index in [4.69, 9.17) is 5.11 Å². The number of nitrogens with zero attached hydrogens (tertiary/aromatic N) is 1. The van der Waals surface area contributed by atoms with Crippen LogP contribution in [0.3, 0.4) is 0 Å². The number of carboxylic acids is 1. The number of hydrogen-bond acceptors (Lipinski definition) is 2. The summed E-state index contributed by atoms with van der Waals surface area (Å²) >= 11 is 3.37. The van der Waals surface area contributed by atoms with Gasteiger partial charge in [0.2, 0.25) is 0 Å². The molecule has 3 nitrogen and oxygen atoms in total. The smallest absolute Gasteiger partial charge is 0.309 e. The second-order valence-electron chi connectivity index (χ2n) is 3.73. The molecule has 1 aliphatic carbocycles. The van der Waals surface area contributed by atoms with Gasteiger partial charge >= 0.3 is 5.97 Å². The number of aliphatic carboxylic acids is 1. The summed E-state index contributed by atoms with van der Waals surface area (Å²) in [6.45, 7) is 0. The molecule has 1 saturated carbocycles. The normalized spacial score (nSPS) is 17.8. The fourth-order valence-electron chi connectivity index (χ4n) is 1.53. The molecule has 0 atom stereocenters. The van der Waals surface area contributed by atoms with E-state index in [1.807, 2.05) is 6.07 Å². The van der Waals surface area contributed by atoms with Crippen LogP contribution in [0, 0.1) is 5.41 Å². The lowest BCUT2D eigenvalue weighted by Gasteiger charge is -2.10. The Morgan fingerprint density at radius 1 is 1.64 bits per heavy atom. The summed E-state index contributed by atoms with van der Waals surface area (Å²) in [7, 11) is 0. The van der Waals surface area contributed by atoms with Gasteiger partial charge in [0.25, 0.3) is 0 Å². The third-order valence-corrected chi connectivity index (χ3v) is 3.41. The number of carbonyl (C=O) groups is 1. The molecular formula is C10H10BrNO2. The monoisotopic (exact) mass is 255 g/mol. The molecule has 0 spiro atoms. The van der Waals surface area contributed by atoms with E-state index in [-0.39, 0.29) is 0 Å². The standard InChI is InChI=1S/C10H10BrNO2/c11-8-6-12-4-1-7(8)5-10(2-3-10)9(13)14/h1,4,6H,2-3,5H2,(H,13,14). The molecule has 1 aliphatic rings. The second-order valence-corrected chi connectivity index (χ2v) is 4.58. The Balaban J connectivity index is 2.19. The van der Waals surface area contributed by atoms with Crippen molar-refractivity contribution in [2.75, 3.05) is 0 Å². The number of halogens is 1. The molecule has 4 heteroatoms. The van der Waals surface area contributed by atoms with Crippen LogP contribution >= 0.6 is 15.9 Å². The average Bonchev–Trinajstić information content (AvgIpc) is 2.90. The number of hydrogen-bond donors (Lipinski definition) is 1. The van der Waals surface area contributed by atoms with Crippen molar-refractivity contribution in [1.82, 2.24) is 4.98 Å². The van der Waals surface area contributed by atoms with Crippen molar-refractivity contribution in [3.05, 3.63) is 28.5 Å². The summed E-state index contributed by atoms with van der Waals surface area (Å²) < 4.78 is 0.896. The number of pyridine rings is 1. The van der Waals surface area contributed by atoms with Crippen molar-refractivity contribution in [2.45, 2.75) is 19.3 Å². The molecule has 0 unspecified atom stereocenters. The summed E-state index contributed by atoms with van der Waals surface area (Å²) in [4.78, 5) is 14.9. The van der Waals surface area contributed by atoms with Crippen LogP contribution in [0.4, 0.5) is 0 Å². The van der Waals surface area contributed by atoms with Gasteiger partial charge in [-0.15, -0.1) is 0 Å². The molecule has 1 aromatic rings. The van der Waals surface area contributed by atoms with Crippen LogP contribution in [0.1, 0.15) is 18.4 Å². The van der Waals surface area contributed by atoms with Crippen LogP contribution < -0.4 is 0 Å². The van der Waals surface area contributed by atoms with Gasteiger partial charge < -0.3 is 5.11 Å². The molecular weight excluding hydrogens is 246 g/mol. The zero-order chi connectivity index (χ0) is 10.2. The van der Waals surface area contributed by atoms with Crippen LogP contribution in [-0.4, -0.2) is 16.1 Å². The Morgan fingerprint density at radius 2 is 2.36 bits per heavy atom. The highest BCUT2D eigenvalue weighted by atomic mass is 79.9. The molecule has 0 radical (unpaired) electrons. The van der Waals surface area contributed by atoms with Crippen LogP contribution in [0.15, 0.2) is 22.9 Å². The van der Waals surface area contributed by atoms with Crippen molar-refractivity contribution >= 4 is 21.9 Å². The van der Waals surface area contributed by atoms with Crippen molar-refractivity contribution in [3.8, 4) is 0 Å². The molecule has 0 bridgehead atoms. The molecule has 0 aromatic carbocycles. The highest BCUT2D eigenvalue weighted by Gasteiger charge is 2.50. The van der Waals surface area contributed by atoms with Crippen molar-refractivity contribution < 1.29 is 9.90 Å². The van der Waals surface area contributed by atoms with Crippen molar-refractivity contribution in [1.29, 1.82) is 0 Å². The summed E-state index contributed by atoms with van der Waals surface area (Å²) in [6.07, 6.45) is 5.57. The lowest BCUT2D eigenvalue weighted by molar-refractivity contribution is -0.143. The van der Waals surface area contributed by atoms with Gasteiger partial charge in [-0.2, -0.15) is 0 Å². The maximum atomic E-state index is 11.0. The van der Waals surface area contributed by atoms with Gasteiger partial charge in [-0.25, -0.2) is 0 Å². The van der Waals surface area contributed by atoms with E-state index >= 15 is 0 Å². The zero-order valence-electron chi connectivity index (χ0n) is 7.53. The molecule has 1 fully saturated rings. The minimum absolute atomic E-state index is 0.496. The van der Waals surface area contributed by atoms with Gasteiger partial charge in [0, 0.05) is 16.9 Å². The van der Waals surface area contributed by atoms with Gasteiger partial charge in [0.05, 0.1) is 5.41 Å². The average molecular weight is 256 g/mol. The lowest BCUT2D eigenvalue weighted by atomic mass is 9.98. The van der Waals surface area contributed by atoms with Gasteiger partial charge in [-0.3, -0.25) is 9.78 Å². The molecule has 1 aromatic heterocycles. The van der Waals surface area contributed by atoms with Gasteiger partial charge in [-0.1, -0.05) is 0 Å². The van der Waals surface area contributed by atoms with E-state index in [1.54, 1.807) is 12.4 Å². The molecule has 14 heavy (non-hydrogen) atoms. The highest BCUT2D eigenvalue weighted by Crippen LogP contribution is 2.49. The maximum Gasteiger partial charge on any atom is 0.309 e. The minimum Gasteiger partial charge on any atom is -0.481 e. The minimum atomic E-state index is -0.679. The first-order chi connectivity index (χ1) is 6.64. The molecule has 0 saturated heterocycles. The second kappa shape index (κ2) is 3.35. The Morgan fingerprint density at radius 3 is 2.86 bits per heavy atom. The highest BCUT2D eigenvalue weighted by molar-refractivity contribution is 9.10. The van der Waals surface area contributed by atoms with Gasteiger partial charge in [0.15, 0.2) is 0 Å². The fourth-order valence-corrected chi connectivity index (χ4v) is 1.92. The van der Waals surface area contributed by atoms with E-state index in [0.29, 0.717) is 6.42 Å². The molecule has 2 rings (SSSR count). The summed E-state index contributed by atoms with van der Waals surface area (Å²) in [5.74, 6) is -0.679. The van der Waals surface area contributed by atoms with Crippen LogP contribution in [0.25, 0.3) is 0 Å². The Bertz CT molecular complexity index is 374. The quantitative estimate of drug-likeness (QED) is 0.902. The largest absolute Gasteiger partial charge is 0.481 e. The molecule has 0 aliphatic heterocycles. The Hall–Kier alpha value is -0.900. The maximum absolute atomic E-state index is 11.0. The first-order valence-electron chi connectivity index (χ1n) is 4.46. The molecule has 74 valence electrons. The van der Waals surface area contributed by atoms with E-state index < -0.39 is 11.4 Å². The van der Waals surface area contributed by atoms with Crippen molar-refractivity contribution in [3.63, 3.8) is 0 Å². The lowest BCUT2D eigenvalue weighted by Crippen LogP contribution is -2.17. The van der Waals surface area contributed by atoms with E-state index in [9.17, 15) is 4.79 Å². The first kappa shape index (κ1) is 9.65. The van der Waals surface area contributed by atoms with E-state index in [1.165, 1.54) is 0 Å². The predicted octanol–water partition coefficient (Wildman–Crippen LogP) is 2.25. The molecule has 1 N–H and O–H groups in total. The van der Waals surface area contributed by atoms with E-state index in [0.717, 1.165) is 22.9 Å². The van der Waals surface area contributed by atoms with E-state index in [2.05, 4.69) is 20.9 Å². The summed E-state index contributed by atoms with van der Waals surface area (Å²) in [5.41, 5.74) is 0.532. The predicted molar refractivity (Wildman–Crippen MR) is 54.9 cm³/mol. The fraction of sp³-hybridized carbons (Fsp3) is 0.400. The van der Waals surface area contributed by atoms with Crippen molar-refractivity contribution in [2.24, 2.45) is 5.41 Å². The summed E-state index contributed by atoms with van der Waals surface area (Å²) in [6, 6.07) is 1.87.